The minimum Gasteiger partial charge on any atom is -0.456 e. The number of hydrogen-bond donors (Lipinski definition) is 0. The van der Waals surface area contributed by atoms with E-state index in [-0.39, 0.29) is 6.71 Å². The second kappa shape index (κ2) is 14.9. The molecule has 0 spiro atoms. The van der Waals surface area contributed by atoms with E-state index in [4.69, 9.17) is 9.47 Å². The molecular formula is C63H41BN4O2. The van der Waals surface area contributed by atoms with Gasteiger partial charge in [-0.3, -0.25) is 0 Å². The van der Waals surface area contributed by atoms with E-state index < -0.39 is 0 Å². The number of aryl methyl sites for hydroxylation is 1. The molecule has 0 bridgehead atoms. The molecule has 4 aliphatic rings. The lowest BCUT2D eigenvalue weighted by atomic mass is 9.33. The summed E-state index contributed by atoms with van der Waals surface area (Å²) in [4.78, 5) is 9.72. The van der Waals surface area contributed by atoms with E-state index in [1.165, 1.54) is 0 Å². The summed E-state index contributed by atoms with van der Waals surface area (Å²) in [6.07, 6.45) is 0. The SMILES string of the molecule is Cc1cc2c3c(c1)Oc1c4c(c5ccccc5c1B3c1c(c3c(c5ccccc15)N(c1ccccc1)c1ccccc1N3c1ccccc1)O2)N(c1ccccc1)c1ccccc1N4c1ccccc1. The van der Waals surface area contributed by atoms with Crippen LogP contribution in [0.4, 0.5) is 68.2 Å². The number of rotatable bonds is 4. The highest BCUT2D eigenvalue weighted by atomic mass is 16.5. The topological polar surface area (TPSA) is 31.4 Å². The second-order valence-corrected chi connectivity index (χ2v) is 18.4. The predicted octanol–water partition coefficient (Wildman–Crippen LogP) is 15.5. The summed E-state index contributed by atoms with van der Waals surface area (Å²) in [6, 6.07) is 82.8. The van der Waals surface area contributed by atoms with Gasteiger partial charge in [-0.25, -0.2) is 0 Å². The first-order chi connectivity index (χ1) is 34.7. The number of ether oxygens (including phenoxy) is 2. The summed E-state index contributed by atoms with van der Waals surface area (Å²) in [7, 11) is 0. The molecule has 0 unspecified atom stereocenters. The van der Waals surface area contributed by atoms with Crippen molar-refractivity contribution in [1.29, 1.82) is 0 Å². The first kappa shape index (κ1) is 38.9. The Morgan fingerprint density at radius 1 is 0.300 bits per heavy atom. The molecule has 15 rings (SSSR count). The number of anilines is 12. The van der Waals surface area contributed by atoms with Crippen molar-refractivity contribution in [3.05, 3.63) is 236 Å². The van der Waals surface area contributed by atoms with Gasteiger partial charge in [0, 0.05) is 39.0 Å². The summed E-state index contributed by atoms with van der Waals surface area (Å²) in [5, 5.41) is 4.50. The molecule has 328 valence electrons. The fourth-order valence-corrected chi connectivity index (χ4v) is 11.9. The Morgan fingerprint density at radius 3 is 0.929 bits per heavy atom. The van der Waals surface area contributed by atoms with Crippen molar-refractivity contribution in [2.24, 2.45) is 0 Å². The summed E-state index contributed by atoms with van der Waals surface area (Å²) in [5.74, 6) is 3.25. The number of nitrogens with zero attached hydrogens (tertiary/aromatic N) is 4. The highest BCUT2D eigenvalue weighted by Crippen LogP contribution is 2.63. The van der Waals surface area contributed by atoms with Crippen molar-refractivity contribution in [3.63, 3.8) is 0 Å². The first-order valence-electron chi connectivity index (χ1n) is 24.0. The average Bonchev–Trinajstić information content (AvgIpc) is 3.42. The van der Waals surface area contributed by atoms with Gasteiger partial charge >= 0.3 is 0 Å². The van der Waals surface area contributed by atoms with Gasteiger partial charge in [-0.15, -0.1) is 0 Å². The molecule has 0 aliphatic carbocycles. The Bertz CT molecular complexity index is 3690. The summed E-state index contributed by atoms with van der Waals surface area (Å²) < 4.78 is 15.3. The van der Waals surface area contributed by atoms with Crippen LogP contribution < -0.4 is 45.5 Å². The van der Waals surface area contributed by atoms with Gasteiger partial charge in [-0.1, -0.05) is 146 Å². The van der Waals surface area contributed by atoms with Crippen molar-refractivity contribution in [2.45, 2.75) is 6.92 Å². The number of fused-ring (bicyclic) bond motifs is 16. The van der Waals surface area contributed by atoms with Crippen LogP contribution in [0.25, 0.3) is 21.5 Å². The van der Waals surface area contributed by atoms with E-state index in [9.17, 15) is 0 Å². The van der Waals surface area contributed by atoms with Crippen LogP contribution in [-0.2, 0) is 0 Å². The van der Waals surface area contributed by atoms with Crippen LogP contribution in [0.3, 0.4) is 0 Å². The van der Waals surface area contributed by atoms with E-state index in [1.807, 2.05) is 0 Å². The quantitative estimate of drug-likeness (QED) is 0.164. The molecule has 0 atom stereocenters. The molecule has 6 nitrogen and oxygen atoms in total. The minimum atomic E-state index is -0.302. The van der Waals surface area contributed by atoms with Gasteiger partial charge in [0.05, 0.1) is 34.1 Å². The van der Waals surface area contributed by atoms with Crippen molar-refractivity contribution in [2.75, 3.05) is 19.6 Å². The largest absolute Gasteiger partial charge is 0.456 e. The van der Waals surface area contributed by atoms with Crippen molar-refractivity contribution >= 4 is 113 Å². The van der Waals surface area contributed by atoms with Crippen molar-refractivity contribution < 1.29 is 9.47 Å². The van der Waals surface area contributed by atoms with Crippen molar-refractivity contribution in [3.8, 4) is 23.0 Å². The van der Waals surface area contributed by atoms with Gasteiger partial charge in [-0.2, -0.15) is 0 Å². The second-order valence-electron chi connectivity index (χ2n) is 18.4. The van der Waals surface area contributed by atoms with Crippen molar-refractivity contribution in [1.82, 2.24) is 0 Å². The van der Waals surface area contributed by atoms with E-state index >= 15 is 0 Å². The molecule has 11 aromatic carbocycles. The molecular weight excluding hydrogens is 856 g/mol. The van der Waals surface area contributed by atoms with Gasteiger partial charge in [-0.05, 0) is 119 Å². The van der Waals surface area contributed by atoms with Crippen LogP contribution in [0, 0.1) is 6.92 Å². The van der Waals surface area contributed by atoms with Crippen LogP contribution in [0.15, 0.2) is 231 Å². The standard InChI is InChI=1S/C63H41BN4O2/c1-40-38-53-57-54(39-40)70-63-56(46-31-15-17-33-48(46)59-61(63)68(44-28-12-5-13-29-44)52-37-21-19-35-50(52)66(59)42-24-8-3-9-25-42)64(57)55-45-30-14-16-32-47(45)58-60(62(55)69-53)67(43-26-10-4-11-27-43)51-36-20-18-34-49(51)65(58)41-22-6-2-7-23-41/h2-39H,1H3. The van der Waals surface area contributed by atoms with E-state index in [1.54, 1.807) is 0 Å². The Hall–Kier alpha value is -9.20. The lowest BCUT2D eigenvalue weighted by Gasteiger charge is -2.45. The lowest BCUT2D eigenvalue weighted by molar-refractivity contribution is 0.465. The molecule has 0 fully saturated rings. The highest BCUT2D eigenvalue weighted by molar-refractivity contribution is 7.01. The summed E-state index contributed by atoms with van der Waals surface area (Å²) in [6.45, 7) is 1.84. The maximum absolute atomic E-state index is 7.65. The Balaban J connectivity index is 1.12. The van der Waals surface area contributed by atoms with Gasteiger partial charge < -0.3 is 29.1 Å². The molecule has 0 N–H and O–H groups in total. The highest BCUT2D eigenvalue weighted by Gasteiger charge is 2.49. The molecule has 4 heterocycles. The molecule has 0 radical (unpaired) electrons. The molecule has 0 amide bonds. The van der Waals surface area contributed by atoms with Gasteiger partial charge in [0.1, 0.15) is 34.4 Å². The third-order valence-electron chi connectivity index (χ3n) is 14.5. The van der Waals surface area contributed by atoms with Crippen LogP contribution in [-0.4, -0.2) is 6.71 Å². The minimum absolute atomic E-state index is 0.302. The third-order valence-corrected chi connectivity index (χ3v) is 14.5. The molecule has 0 saturated heterocycles. The third kappa shape index (κ3) is 5.40. The van der Waals surface area contributed by atoms with E-state index in [0.717, 1.165) is 135 Å². The van der Waals surface area contributed by atoms with Crippen LogP contribution in [0.2, 0.25) is 0 Å². The zero-order valence-electron chi connectivity index (χ0n) is 38.1. The van der Waals surface area contributed by atoms with E-state index in [0.29, 0.717) is 0 Å². The maximum atomic E-state index is 7.65. The molecule has 0 saturated carbocycles. The smallest absolute Gasteiger partial charge is 0.262 e. The lowest BCUT2D eigenvalue weighted by Crippen LogP contribution is -2.58. The summed E-state index contributed by atoms with van der Waals surface area (Å²) in [5.41, 5.74) is 16.9. The number of hydrogen-bond acceptors (Lipinski definition) is 6. The fourth-order valence-electron chi connectivity index (χ4n) is 11.9. The zero-order valence-corrected chi connectivity index (χ0v) is 38.1. The monoisotopic (exact) mass is 896 g/mol. The van der Waals surface area contributed by atoms with Gasteiger partial charge in [0.25, 0.3) is 6.71 Å². The molecule has 11 aromatic rings. The van der Waals surface area contributed by atoms with Crippen LogP contribution >= 0.6 is 0 Å². The van der Waals surface area contributed by atoms with Gasteiger partial charge in [0.2, 0.25) is 0 Å². The predicted molar refractivity (Wildman–Crippen MR) is 290 cm³/mol. The summed E-state index contributed by atoms with van der Waals surface area (Å²) >= 11 is 0. The van der Waals surface area contributed by atoms with Crippen LogP contribution in [0.1, 0.15) is 5.56 Å². The van der Waals surface area contributed by atoms with Gasteiger partial charge in [0.15, 0.2) is 0 Å². The average molecular weight is 897 g/mol. The fraction of sp³-hybridized carbons (Fsp3) is 0.0159. The Labute approximate surface area is 406 Å². The number of benzene rings is 11. The van der Waals surface area contributed by atoms with E-state index in [2.05, 4.69) is 257 Å². The van der Waals surface area contributed by atoms with Crippen LogP contribution in [0.5, 0.6) is 23.0 Å². The Kier molecular flexibility index (Phi) is 8.27. The first-order valence-corrected chi connectivity index (χ1v) is 24.0. The molecule has 7 heteroatoms. The molecule has 70 heavy (non-hydrogen) atoms. The normalized spacial score (nSPS) is 13.6. The maximum Gasteiger partial charge on any atom is 0.262 e. The number of para-hydroxylation sites is 8. The molecule has 0 aromatic heterocycles. The molecule has 4 aliphatic heterocycles. The Morgan fingerprint density at radius 2 is 0.586 bits per heavy atom. The zero-order chi connectivity index (χ0) is 46.0.